The molecule has 1 saturated carbocycles. The lowest BCUT2D eigenvalue weighted by Crippen LogP contribution is -2.15. The molecular weight excluding hydrogens is 254 g/mol. The van der Waals surface area contributed by atoms with Crippen molar-refractivity contribution in [3.05, 3.63) is 11.7 Å². The summed E-state index contributed by atoms with van der Waals surface area (Å²) in [5.41, 5.74) is 6.01. The lowest BCUT2D eigenvalue weighted by molar-refractivity contribution is 0.182. The van der Waals surface area contributed by atoms with Crippen LogP contribution in [0.2, 0.25) is 0 Å². The van der Waals surface area contributed by atoms with Gasteiger partial charge in [-0.2, -0.15) is 4.98 Å². The molecule has 114 valence electrons. The molecule has 0 spiro atoms. The van der Waals surface area contributed by atoms with Crippen LogP contribution in [0.5, 0.6) is 0 Å². The number of rotatable bonds is 7. The summed E-state index contributed by atoms with van der Waals surface area (Å²) in [7, 11) is 1.67. The minimum atomic E-state index is -0.215. The molecule has 5 heteroatoms. The van der Waals surface area contributed by atoms with E-state index in [1.165, 1.54) is 38.5 Å². The minimum Gasteiger partial charge on any atom is -0.385 e. The molecule has 1 aliphatic rings. The third-order valence-corrected chi connectivity index (χ3v) is 4.32. The van der Waals surface area contributed by atoms with Gasteiger partial charge in [0.25, 0.3) is 0 Å². The highest BCUT2D eigenvalue weighted by atomic mass is 16.5. The Hall–Kier alpha value is -0.940. The SMILES string of the molecule is CCCC1CCC(c2noc(C(N)CCOC)n2)CC1. The maximum atomic E-state index is 6.01. The molecule has 1 fully saturated rings. The summed E-state index contributed by atoms with van der Waals surface area (Å²) in [6.07, 6.45) is 8.29. The predicted octanol–water partition coefficient (Wildman–Crippen LogP) is 3.18. The fourth-order valence-corrected chi connectivity index (χ4v) is 3.05. The van der Waals surface area contributed by atoms with Crippen LogP contribution in [0, 0.1) is 5.92 Å². The third kappa shape index (κ3) is 4.03. The fourth-order valence-electron chi connectivity index (χ4n) is 3.05. The van der Waals surface area contributed by atoms with Crippen molar-refractivity contribution in [3.8, 4) is 0 Å². The topological polar surface area (TPSA) is 74.2 Å². The van der Waals surface area contributed by atoms with Crippen molar-refractivity contribution >= 4 is 0 Å². The third-order valence-electron chi connectivity index (χ3n) is 4.32. The van der Waals surface area contributed by atoms with Gasteiger partial charge in [-0.3, -0.25) is 0 Å². The molecule has 1 aromatic rings. The average molecular weight is 281 g/mol. The Balaban J connectivity index is 1.86. The Labute approximate surface area is 121 Å². The van der Waals surface area contributed by atoms with Gasteiger partial charge >= 0.3 is 0 Å². The molecule has 1 unspecified atom stereocenters. The van der Waals surface area contributed by atoms with Crippen LogP contribution in [-0.2, 0) is 4.74 Å². The van der Waals surface area contributed by atoms with E-state index < -0.39 is 0 Å². The molecule has 2 rings (SSSR count). The minimum absolute atomic E-state index is 0.215. The maximum Gasteiger partial charge on any atom is 0.243 e. The first kappa shape index (κ1) is 15.4. The molecule has 1 aliphatic carbocycles. The van der Waals surface area contributed by atoms with Crippen molar-refractivity contribution in [1.29, 1.82) is 0 Å². The van der Waals surface area contributed by atoms with Gasteiger partial charge in [0.05, 0.1) is 6.04 Å². The van der Waals surface area contributed by atoms with Gasteiger partial charge in [0.2, 0.25) is 5.89 Å². The van der Waals surface area contributed by atoms with E-state index in [-0.39, 0.29) is 6.04 Å². The molecule has 5 nitrogen and oxygen atoms in total. The largest absolute Gasteiger partial charge is 0.385 e. The maximum absolute atomic E-state index is 6.01. The van der Waals surface area contributed by atoms with E-state index in [0.29, 0.717) is 24.8 Å². The monoisotopic (exact) mass is 281 g/mol. The molecule has 1 aromatic heterocycles. The summed E-state index contributed by atoms with van der Waals surface area (Å²) in [6.45, 7) is 2.87. The van der Waals surface area contributed by atoms with E-state index in [1.54, 1.807) is 7.11 Å². The average Bonchev–Trinajstić information content (AvgIpc) is 2.96. The van der Waals surface area contributed by atoms with Gasteiger partial charge in [-0.25, -0.2) is 0 Å². The zero-order valence-corrected chi connectivity index (χ0v) is 12.7. The number of hydrogen-bond donors (Lipinski definition) is 1. The quantitative estimate of drug-likeness (QED) is 0.830. The van der Waals surface area contributed by atoms with Gasteiger partial charge in [0.1, 0.15) is 0 Å². The number of methoxy groups -OCH3 is 1. The lowest BCUT2D eigenvalue weighted by atomic mass is 9.80. The lowest BCUT2D eigenvalue weighted by Gasteiger charge is -2.26. The highest BCUT2D eigenvalue weighted by Crippen LogP contribution is 2.36. The number of aromatic nitrogens is 2. The molecule has 1 heterocycles. The fraction of sp³-hybridized carbons (Fsp3) is 0.867. The summed E-state index contributed by atoms with van der Waals surface area (Å²) in [4.78, 5) is 4.50. The van der Waals surface area contributed by atoms with Crippen LogP contribution in [0.15, 0.2) is 4.52 Å². The van der Waals surface area contributed by atoms with E-state index >= 15 is 0 Å². The van der Waals surface area contributed by atoms with Crippen molar-refractivity contribution in [3.63, 3.8) is 0 Å². The molecule has 0 bridgehead atoms. The van der Waals surface area contributed by atoms with Crippen molar-refractivity contribution in [2.75, 3.05) is 13.7 Å². The second-order valence-electron chi connectivity index (χ2n) is 5.89. The number of nitrogens with zero attached hydrogens (tertiary/aromatic N) is 2. The van der Waals surface area contributed by atoms with Gasteiger partial charge in [0, 0.05) is 19.6 Å². The summed E-state index contributed by atoms with van der Waals surface area (Å²) in [6, 6.07) is -0.215. The Morgan fingerprint density at radius 1 is 1.35 bits per heavy atom. The smallest absolute Gasteiger partial charge is 0.243 e. The Bertz CT molecular complexity index is 386. The Kier molecular flexibility index (Phi) is 5.98. The van der Waals surface area contributed by atoms with E-state index in [9.17, 15) is 0 Å². The van der Waals surface area contributed by atoms with Crippen LogP contribution >= 0.6 is 0 Å². The normalized spacial score (nSPS) is 24.8. The first-order valence-corrected chi connectivity index (χ1v) is 7.82. The van der Waals surface area contributed by atoms with Crippen molar-refractivity contribution in [2.45, 2.75) is 63.8 Å². The second kappa shape index (κ2) is 7.74. The van der Waals surface area contributed by atoms with E-state index in [2.05, 4.69) is 17.1 Å². The van der Waals surface area contributed by atoms with Gasteiger partial charge in [-0.1, -0.05) is 24.9 Å². The molecule has 0 saturated heterocycles. The standard InChI is InChI=1S/C15H27N3O2/c1-3-4-11-5-7-12(8-6-11)14-17-15(20-18-14)13(16)9-10-19-2/h11-13H,3-10,16H2,1-2H3. The zero-order chi connectivity index (χ0) is 14.4. The highest BCUT2D eigenvalue weighted by molar-refractivity contribution is 4.99. The van der Waals surface area contributed by atoms with Gasteiger partial charge in [0.15, 0.2) is 5.82 Å². The molecule has 0 aliphatic heterocycles. The number of hydrogen-bond acceptors (Lipinski definition) is 5. The second-order valence-corrected chi connectivity index (χ2v) is 5.89. The van der Waals surface area contributed by atoms with Gasteiger partial charge in [-0.05, 0) is 38.0 Å². The molecular formula is C15H27N3O2. The number of nitrogens with two attached hydrogens (primary N) is 1. The molecule has 0 radical (unpaired) electrons. The Morgan fingerprint density at radius 2 is 2.10 bits per heavy atom. The van der Waals surface area contributed by atoms with Crippen molar-refractivity contribution < 1.29 is 9.26 Å². The van der Waals surface area contributed by atoms with Crippen molar-refractivity contribution in [2.24, 2.45) is 11.7 Å². The van der Waals surface area contributed by atoms with Crippen LogP contribution < -0.4 is 5.73 Å². The van der Waals surface area contributed by atoms with E-state index in [1.807, 2.05) is 0 Å². The Morgan fingerprint density at radius 3 is 2.75 bits per heavy atom. The summed E-state index contributed by atoms with van der Waals surface area (Å²) >= 11 is 0. The zero-order valence-electron chi connectivity index (χ0n) is 12.7. The summed E-state index contributed by atoms with van der Waals surface area (Å²) in [5, 5.41) is 4.13. The molecule has 1 atom stereocenters. The predicted molar refractivity (Wildman–Crippen MR) is 77.3 cm³/mol. The number of ether oxygens (including phenoxy) is 1. The van der Waals surface area contributed by atoms with Gasteiger partial charge in [-0.15, -0.1) is 0 Å². The molecule has 20 heavy (non-hydrogen) atoms. The first-order valence-electron chi connectivity index (χ1n) is 7.82. The first-order chi connectivity index (χ1) is 9.74. The molecule has 0 amide bonds. The molecule has 0 aromatic carbocycles. The van der Waals surface area contributed by atoms with Crippen LogP contribution in [0.1, 0.15) is 75.5 Å². The van der Waals surface area contributed by atoms with Crippen LogP contribution in [0.25, 0.3) is 0 Å². The van der Waals surface area contributed by atoms with E-state index in [4.69, 9.17) is 15.0 Å². The van der Waals surface area contributed by atoms with Crippen molar-refractivity contribution in [1.82, 2.24) is 10.1 Å². The summed E-state index contributed by atoms with van der Waals surface area (Å²) < 4.78 is 10.3. The highest BCUT2D eigenvalue weighted by Gasteiger charge is 2.26. The van der Waals surface area contributed by atoms with Crippen LogP contribution in [-0.4, -0.2) is 23.9 Å². The van der Waals surface area contributed by atoms with Crippen LogP contribution in [0.4, 0.5) is 0 Å². The molecule has 2 N–H and O–H groups in total. The van der Waals surface area contributed by atoms with E-state index in [0.717, 1.165) is 11.7 Å². The summed E-state index contributed by atoms with van der Waals surface area (Å²) in [5.74, 6) is 2.75. The van der Waals surface area contributed by atoms with Crippen LogP contribution in [0.3, 0.4) is 0 Å². The van der Waals surface area contributed by atoms with Gasteiger partial charge < -0.3 is 15.0 Å².